The van der Waals surface area contributed by atoms with Gasteiger partial charge in [-0.25, -0.2) is 9.18 Å². The summed E-state index contributed by atoms with van der Waals surface area (Å²) in [4.78, 5) is 29.3. The number of fused-ring (bicyclic) bond motifs is 2. The van der Waals surface area contributed by atoms with E-state index in [0.29, 0.717) is 42.8 Å². The topological polar surface area (TPSA) is 52.7 Å². The molecule has 3 bridgehead atoms. The van der Waals surface area contributed by atoms with Gasteiger partial charge in [0.05, 0.1) is 0 Å². The number of carbonyl (C=O) groups is 2. The third-order valence-corrected chi connectivity index (χ3v) is 8.69. The molecule has 3 saturated carbocycles. The summed E-state index contributed by atoms with van der Waals surface area (Å²) in [5.74, 6) is 2.95. The molecule has 1 N–H and O–H groups in total. The molecule has 4 aliphatic rings. The highest BCUT2D eigenvalue weighted by molar-refractivity contribution is 5.95. The van der Waals surface area contributed by atoms with E-state index in [1.807, 2.05) is 24.3 Å². The van der Waals surface area contributed by atoms with E-state index in [1.54, 1.807) is 21.9 Å². The van der Waals surface area contributed by atoms with Crippen molar-refractivity contribution < 1.29 is 14.0 Å². The van der Waals surface area contributed by atoms with Gasteiger partial charge in [-0.15, -0.1) is 0 Å². The van der Waals surface area contributed by atoms with Gasteiger partial charge in [0, 0.05) is 36.9 Å². The number of nitrogens with one attached hydrogen (secondary N) is 1. The van der Waals surface area contributed by atoms with E-state index in [-0.39, 0.29) is 17.8 Å². The molecular weight excluding hydrogens is 429 g/mol. The van der Waals surface area contributed by atoms with Crippen LogP contribution in [0.25, 0.3) is 0 Å². The minimum atomic E-state index is -0.310. The van der Waals surface area contributed by atoms with Crippen LogP contribution in [0.1, 0.15) is 54.4 Å². The molecule has 1 saturated heterocycles. The first kappa shape index (κ1) is 21.6. The molecule has 2 aromatic rings. The zero-order valence-electron chi connectivity index (χ0n) is 19.5. The van der Waals surface area contributed by atoms with Crippen LogP contribution in [-0.2, 0) is 6.54 Å². The van der Waals surface area contributed by atoms with E-state index < -0.39 is 0 Å². The van der Waals surface area contributed by atoms with Crippen LogP contribution in [0.15, 0.2) is 48.5 Å². The van der Waals surface area contributed by atoms with Crippen molar-refractivity contribution >= 4 is 17.6 Å². The van der Waals surface area contributed by atoms with Crippen molar-refractivity contribution in [2.45, 2.75) is 51.1 Å². The van der Waals surface area contributed by atoms with Crippen molar-refractivity contribution in [1.82, 2.24) is 10.2 Å². The van der Waals surface area contributed by atoms with Crippen LogP contribution in [0.4, 0.5) is 14.9 Å². The van der Waals surface area contributed by atoms with Crippen LogP contribution < -0.4 is 10.2 Å². The Labute approximate surface area is 200 Å². The Morgan fingerprint density at radius 2 is 1.68 bits per heavy atom. The molecule has 0 spiro atoms. The largest absolute Gasteiger partial charge is 0.349 e. The van der Waals surface area contributed by atoms with Crippen LogP contribution in [0.3, 0.4) is 0 Å². The van der Waals surface area contributed by atoms with E-state index in [4.69, 9.17) is 0 Å². The number of rotatable bonds is 5. The van der Waals surface area contributed by atoms with E-state index in [2.05, 4.69) is 5.32 Å². The van der Waals surface area contributed by atoms with Gasteiger partial charge < -0.3 is 10.2 Å². The number of anilines is 1. The summed E-state index contributed by atoms with van der Waals surface area (Å²) >= 11 is 0. The number of amides is 3. The summed E-state index contributed by atoms with van der Waals surface area (Å²) in [5, 5.41) is 3.38. The number of urea groups is 1. The van der Waals surface area contributed by atoms with Crippen molar-refractivity contribution in [3.05, 3.63) is 65.5 Å². The highest BCUT2D eigenvalue weighted by Crippen LogP contribution is 2.53. The Kier molecular flexibility index (Phi) is 5.54. The maximum atomic E-state index is 13.2. The number of benzene rings is 2. The van der Waals surface area contributed by atoms with Crippen molar-refractivity contribution in [1.29, 1.82) is 0 Å². The van der Waals surface area contributed by atoms with Crippen molar-refractivity contribution in [2.75, 3.05) is 18.0 Å². The number of carbonyl (C=O) groups excluding carboxylic acids is 2. The molecule has 3 amide bonds. The first-order valence-corrected chi connectivity index (χ1v) is 12.8. The monoisotopic (exact) mass is 461 g/mol. The number of halogens is 1. The zero-order chi connectivity index (χ0) is 23.2. The van der Waals surface area contributed by atoms with Crippen molar-refractivity contribution in [3.8, 4) is 0 Å². The van der Waals surface area contributed by atoms with Crippen molar-refractivity contribution in [3.63, 3.8) is 0 Å². The van der Waals surface area contributed by atoms with Crippen LogP contribution in [0.2, 0.25) is 0 Å². The summed E-state index contributed by atoms with van der Waals surface area (Å²) in [5.41, 5.74) is 2.39. The molecule has 1 aliphatic heterocycles. The first-order valence-electron chi connectivity index (χ1n) is 12.8. The molecule has 5 atom stereocenters. The lowest BCUT2D eigenvalue weighted by Crippen LogP contribution is -2.41. The fourth-order valence-corrected chi connectivity index (χ4v) is 7.10. The molecule has 6 rings (SSSR count). The van der Waals surface area contributed by atoms with E-state index in [0.717, 1.165) is 29.7 Å². The van der Waals surface area contributed by atoms with E-state index in [1.165, 1.54) is 44.2 Å². The van der Waals surface area contributed by atoms with E-state index in [9.17, 15) is 14.0 Å². The van der Waals surface area contributed by atoms with Gasteiger partial charge in [0.2, 0.25) is 0 Å². The molecule has 5 unspecified atom stereocenters. The van der Waals surface area contributed by atoms with Gasteiger partial charge in [0.1, 0.15) is 5.82 Å². The fraction of sp³-hybridized carbons (Fsp3) is 0.500. The lowest BCUT2D eigenvalue weighted by atomic mass is 9.80. The van der Waals surface area contributed by atoms with Gasteiger partial charge in [-0.2, -0.15) is 0 Å². The van der Waals surface area contributed by atoms with Crippen LogP contribution in [0, 0.1) is 29.5 Å². The van der Waals surface area contributed by atoms with Crippen LogP contribution in [-0.4, -0.2) is 36.0 Å². The number of hydrogen-bond acceptors (Lipinski definition) is 2. The maximum absolute atomic E-state index is 13.2. The van der Waals surface area contributed by atoms with Gasteiger partial charge in [-0.1, -0.05) is 12.1 Å². The standard InChI is InChI=1S/C28H32FN3O2/c29-23-6-8-24(9-7-23)32-12-11-31(28(32)34)17-18-1-4-21(5-2-18)27(33)30-26-10-3-19-13-20-15-22(14-19)25(26)16-20/h1-2,4-9,19-20,22,25-26H,3,10-17H2,(H,30,33). The van der Waals surface area contributed by atoms with Gasteiger partial charge in [0.15, 0.2) is 0 Å². The fourth-order valence-electron chi connectivity index (χ4n) is 7.10. The Balaban J connectivity index is 1.07. The summed E-state index contributed by atoms with van der Waals surface area (Å²) in [6.45, 7) is 1.69. The molecule has 3 aliphatic carbocycles. The molecule has 34 heavy (non-hydrogen) atoms. The minimum Gasteiger partial charge on any atom is -0.349 e. The van der Waals surface area contributed by atoms with Gasteiger partial charge in [0.25, 0.3) is 5.91 Å². The Bertz CT molecular complexity index is 1070. The zero-order valence-corrected chi connectivity index (χ0v) is 19.5. The molecule has 2 aromatic carbocycles. The van der Waals surface area contributed by atoms with Crippen LogP contribution in [0.5, 0.6) is 0 Å². The molecule has 4 fully saturated rings. The second-order valence-corrected chi connectivity index (χ2v) is 10.8. The quantitative estimate of drug-likeness (QED) is 0.664. The Morgan fingerprint density at radius 1 is 0.912 bits per heavy atom. The normalized spacial score (nSPS) is 30.0. The van der Waals surface area contributed by atoms with Gasteiger partial charge in [-0.3, -0.25) is 9.69 Å². The van der Waals surface area contributed by atoms with Gasteiger partial charge in [-0.05, 0) is 104 Å². The molecule has 1 heterocycles. The lowest BCUT2D eigenvalue weighted by molar-refractivity contribution is 0.0912. The summed E-state index contributed by atoms with van der Waals surface area (Å²) < 4.78 is 13.2. The summed E-state index contributed by atoms with van der Waals surface area (Å²) in [6, 6.07) is 13.9. The molecule has 0 aromatic heterocycles. The third kappa shape index (κ3) is 4.08. The second-order valence-electron chi connectivity index (χ2n) is 10.8. The molecule has 6 heteroatoms. The number of nitrogens with zero attached hydrogens (tertiary/aromatic N) is 2. The lowest BCUT2D eigenvalue weighted by Gasteiger charge is -2.27. The SMILES string of the molecule is O=C(NC1CCC2CC3CC(C2)C1C3)c1ccc(CN2CCN(c3ccc(F)cc3)C2=O)cc1. The van der Waals surface area contributed by atoms with Crippen molar-refractivity contribution in [2.24, 2.45) is 23.7 Å². The van der Waals surface area contributed by atoms with Crippen LogP contribution >= 0.6 is 0 Å². The second kappa shape index (κ2) is 8.71. The number of hydrogen-bond donors (Lipinski definition) is 1. The highest BCUT2D eigenvalue weighted by Gasteiger charge is 2.46. The predicted molar refractivity (Wildman–Crippen MR) is 129 cm³/mol. The smallest absolute Gasteiger partial charge is 0.324 e. The van der Waals surface area contributed by atoms with Gasteiger partial charge >= 0.3 is 6.03 Å². The molecule has 0 radical (unpaired) electrons. The van der Waals surface area contributed by atoms with E-state index >= 15 is 0 Å². The average Bonchev–Trinajstić information content (AvgIpc) is 3.31. The Hall–Kier alpha value is -2.89. The first-order chi connectivity index (χ1) is 16.5. The maximum Gasteiger partial charge on any atom is 0.324 e. The minimum absolute atomic E-state index is 0.0255. The molecule has 178 valence electrons. The summed E-state index contributed by atoms with van der Waals surface area (Å²) in [6.07, 6.45) is 7.82. The summed E-state index contributed by atoms with van der Waals surface area (Å²) in [7, 11) is 0. The average molecular weight is 462 g/mol. The Morgan fingerprint density at radius 3 is 2.47 bits per heavy atom. The molecular formula is C28H32FN3O2. The predicted octanol–water partition coefficient (Wildman–Crippen LogP) is 5.21. The molecule has 5 nitrogen and oxygen atoms in total. The highest BCUT2D eigenvalue weighted by atomic mass is 19.1. The third-order valence-electron chi connectivity index (χ3n) is 8.69.